The summed E-state index contributed by atoms with van der Waals surface area (Å²) in [6, 6.07) is 1.94. The summed E-state index contributed by atoms with van der Waals surface area (Å²) in [4.78, 5) is 2.62. The van der Waals surface area contributed by atoms with Crippen LogP contribution in [0.4, 0.5) is 0 Å². The van der Waals surface area contributed by atoms with Crippen molar-refractivity contribution >= 4 is 0 Å². The molecule has 0 amide bonds. The van der Waals surface area contributed by atoms with Gasteiger partial charge in [0.2, 0.25) is 0 Å². The molecule has 3 heteroatoms. The van der Waals surface area contributed by atoms with Crippen LogP contribution in [0.1, 0.15) is 32.6 Å². The molecule has 0 aromatic heterocycles. The highest BCUT2D eigenvalue weighted by atomic mass is 16.5. The number of likely N-dealkylation sites (tertiary alicyclic amines) is 1. The molecule has 2 fully saturated rings. The number of rotatable bonds is 2. The second-order valence-corrected chi connectivity index (χ2v) is 4.63. The predicted octanol–water partition coefficient (Wildman–Crippen LogP) is 0.977. The number of nitrogens with two attached hydrogens (primary N) is 1. The Morgan fingerprint density at radius 2 is 2.21 bits per heavy atom. The van der Waals surface area contributed by atoms with Crippen molar-refractivity contribution in [3.05, 3.63) is 0 Å². The number of hydrogen-bond donors (Lipinski definition) is 1. The summed E-state index contributed by atoms with van der Waals surface area (Å²) < 4.78 is 5.47. The lowest BCUT2D eigenvalue weighted by Crippen LogP contribution is -2.54. The van der Waals surface area contributed by atoms with Gasteiger partial charge in [-0.1, -0.05) is 6.42 Å². The van der Waals surface area contributed by atoms with E-state index in [0.717, 1.165) is 19.8 Å². The maximum absolute atomic E-state index is 5.84. The van der Waals surface area contributed by atoms with Crippen LogP contribution < -0.4 is 5.73 Å². The Morgan fingerprint density at radius 3 is 2.86 bits per heavy atom. The average molecular weight is 198 g/mol. The Bertz CT molecular complexity index is 178. The van der Waals surface area contributed by atoms with Crippen LogP contribution in [0, 0.1) is 0 Å². The van der Waals surface area contributed by atoms with Crippen molar-refractivity contribution in [3.8, 4) is 0 Å². The van der Waals surface area contributed by atoms with Crippen LogP contribution in [0.25, 0.3) is 0 Å². The minimum atomic E-state index is 0.602. The molecule has 3 nitrogen and oxygen atoms in total. The van der Waals surface area contributed by atoms with Crippen LogP contribution in [0.2, 0.25) is 0 Å². The van der Waals surface area contributed by atoms with Gasteiger partial charge in [-0.15, -0.1) is 0 Å². The van der Waals surface area contributed by atoms with E-state index in [0.29, 0.717) is 18.1 Å². The molecule has 3 unspecified atom stereocenters. The molecule has 0 radical (unpaired) electrons. The molecule has 0 aromatic carbocycles. The van der Waals surface area contributed by atoms with Gasteiger partial charge in [-0.3, -0.25) is 4.90 Å². The van der Waals surface area contributed by atoms with E-state index in [1.807, 2.05) is 0 Å². The molecule has 0 saturated carbocycles. The molecule has 2 rings (SSSR count). The summed E-state index contributed by atoms with van der Waals surface area (Å²) >= 11 is 0. The summed E-state index contributed by atoms with van der Waals surface area (Å²) in [6.07, 6.45) is 5.14. The number of ether oxygens (including phenoxy) is 1. The van der Waals surface area contributed by atoms with Gasteiger partial charge in [0, 0.05) is 31.3 Å². The van der Waals surface area contributed by atoms with Gasteiger partial charge in [-0.05, 0) is 26.2 Å². The second kappa shape index (κ2) is 4.60. The summed E-state index contributed by atoms with van der Waals surface area (Å²) in [5.41, 5.74) is 5.84. The second-order valence-electron chi connectivity index (χ2n) is 4.63. The van der Waals surface area contributed by atoms with Gasteiger partial charge in [0.15, 0.2) is 0 Å². The van der Waals surface area contributed by atoms with Crippen LogP contribution in [-0.4, -0.2) is 42.8 Å². The van der Waals surface area contributed by atoms with Gasteiger partial charge < -0.3 is 10.5 Å². The van der Waals surface area contributed by atoms with Crippen LogP contribution in [0.15, 0.2) is 0 Å². The van der Waals surface area contributed by atoms with Gasteiger partial charge >= 0.3 is 0 Å². The Hall–Kier alpha value is -0.120. The Morgan fingerprint density at radius 1 is 1.36 bits per heavy atom. The van der Waals surface area contributed by atoms with Gasteiger partial charge in [-0.2, -0.15) is 0 Å². The maximum Gasteiger partial charge on any atom is 0.0622 e. The maximum atomic E-state index is 5.84. The van der Waals surface area contributed by atoms with E-state index in [2.05, 4.69) is 11.8 Å². The van der Waals surface area contributed by atoms with E-state index in [-0.39, 0.29) is 0 Å². The predicted molar refractivity (Wildman–Crippen MR) is 57.2 cm³/mol. The molecule has 2 aliphatic rings. The lowest BCUT2D eigenvalue weighted by atomic mass is 9.94. The minimum Gasteiger partial charge on any atom is -0.380 e. The fourth-order valence-electron chi connectivity index (χ4n) is 2.96. The van der Waals surface area contributed by atoms with E-state index in [1.165, 1.54) is 25.7 Å². The average Bonchev–Trinajstić information content (AvgIpc) is 2.70. The normalized spacial score (nSPS) is 40.3. The molecule has 2 saturated heterocycles. The van der Waals surface area contributed by atoms with E-state index < -0.39 is 0 Å². The molecule has 0 aromatic rings. The molecule has 2 heterocycles. The minimum absolute atomic E-state index is 0.602. The lowest BCUT2D eigenvalue weighted by Gasteiger charge is -2.43. The quantitative estimate of drug-likeness (QED) is 0.719. The van der Waals surface area contributed by atoms with Crippen molar-refractivity contribution in [1.29, 1.82) is 0 Å². The highest BCUT2D eigenvalue weighted by molar-refractivity contribution is 4.89. The van der Waals surface area contributed by atoms with Crippen LogP contribution in [-0.2, 0) is 4.74 Å². The topological polar surface area (TPSA) is 38.5 Å². The highest BCUT2D eigenvalue weighted by Crippen LogP contribution is 2.27. The van der Waals surface area contributed by atoms with E-state index in [1.54, 1.807) is 0 Å². The van der Waals surface area contributed by atoms with Gasteiger partial charge in [0.25, 0.3) is 0 Å². The van der Waals surface area contributed by atoms with E-state index in [4.69, 9.17) is 10.5 Å². The number of piperidine rings is 1. The van der Waals surface area contributed by atoms with Crippen molar-refractivity contribution in [2.45, 2.75) is 50.7 Å². The largest absolute Gasteiger partial charge is 0.380 e. The fourth-order valence-corrected chi connectivity index (χ4v) is 2.96. The third-order valence-corrected chi connectivity index (χ3v) is 3.69. The first-order chi connectivity index (χ1) is 6.83. The molecule has 14 heavy (non-hydrogen) atoms. The number of hydrogen-bond acceptors (Lipinski definition) is 3. The molecular weight excluding hydrogens is 176 g/mol. The molecular formula is C11H22N2O. The zero-order valence-electron chi connectivity index (χ0n) is 9.11. The zero-order valence-corrected chi connectivity index (χ0v) is 9.11. The summed E-state index contributed by atoms with van der Waals surface area (Å²) in [5.74, 6) is 0. The summed E-state index contributed by atoms with van der Waals surface area (Å²) in [5, 5.41) is 0. The standard InChI is InChI=1S/C11H22N2O/c1-9-3-2-4-10(7-12)13(9)11-5-6-14-8-11/h9-11H,2-8,12H2,1H3. The highest BCUT2D eigenvalue weighted by Gasteiger charge is 2.34. The van der Waals surface area contributed by atoms with Crippen molar-refractivity contribution in [2.75, 3.05) is 19.8 Å². The molecule has 0 aliphatic carbocycles. The monoisotopic (exact) mass is 198 g/mol. The van der Waals surface area contributed by atoms with Crippen molar-refractivity contribution in [2.24, 2.45) is 5.73 Å². The molecule has 0 bridgehead atoms. The number of nitrogens with zero attached hydrogens (tertiary/aromatic N) is 1. The van der Waals surface area contributed by atoms with Crippen molar-refractivity contribution in [1.82, 2.24) is 4.90 Å². The fraction of sp³-hybridized carbons (Fsp3) is 1.00. The zero-order chi connectivity index (χ0) is 9.97. The molecule has 2 aliphatic heterocycles. The van der Waals surface area contributed by atoms with Crippen LogP contribution in [0.3, 0.4) is 0 Å². The first-order valence-electron chi connectivity index (χ1n) is 5.88. The smallest absolute Gasteiger partial charge is 0.0622 e. The van der Waals surface area contributed by atoms with Crippen LogP contribution in [0.5, 0.6) is 0 Å². The molecule has 82 valence electrons. The Kier molecular flexibility index (Phi) is 3.42. The van der Waals surface area contributed by atoms with Gasteiger partial charge in [0.05, 0.1) is 6.61 Å². The summed E-state index contributed by atoms with van der Waals surface area (Å²) in [6.45, 7) is 4.99. The lowest BCUT2D eigenvalue weighted by molar-refractivity contribution is 0.0426. The van der Waals surface area contributed by atoms with E-state index in [9.17, 15) is 0 Å². The van der Waals surface area contributed by atoms with Gasteiger partial charge in [-0.25, -0.2) is 0 Å². The van der Waals surface area contributed by atoms with Crippen LogP contribution >= 0.6 is 0 Å². The molecule has 2 N–H and O–H groups in total. The Balaban J connectivity index is 2.02. The summed E-state index contributed by atoms with van der Waals surface area (Å²) in [7, 11) is 0. The molecule has 3 atom stereocenters. The van der Waals surface area contributed by atoms with Crippen molar-refractivity contribution in [3.63, 3.8) is 0 Å². The van der Waals surface area contributed by atoms with Gasteiger partial charge in [0.1, 0.15) is 0 Å². The first kappa shape index (κ1) is 10.4. The van der Waals surface area contributed by atoms with E-state index >= 15 is 0 Å². The third-order valence-electron chi connectivity index (χ3n) is 3.69. The molecule has 0 spiro atoms. The first-order valence-corrected chi connectivity index (χ1v) is 5.88. The SMILES string of the molecule is CC1CCCC(CN)N1C1CCOC1. The Labute approximate surface area is 86.6 Å². The van der Waals surface area contributed by atoms with Crippen molar-refractivity contribution < 1.29 is 4.74 Å². The third kappa shape index (κ3) is 1.95.